The maximum Gasteiger partial charge on any atom is 0.314 e. The number of carbonyl (C=O) groups is 3. The van der Waals surface area contributed by atoms with Crippen LogP contribution in [0.25, 0.3) is 0 Å². The second-order valence-corrected chi connectivity index (χ2v) is 18.5. The highest BCUT2D eigenvalue weighted by Crippen LogP contribution is 2.46. The van der Waals surface area contributed by atoms with E-state index in [4.69, 9.17) is 14.2 Å². The van der Waals surface area contributed by atoms with Gasteiger partial charge in [0.05, 0.1) is 37.6 Å². The number of nitrogens with one attached hydrogen (secondary N) is 4. The molecule has 2 unspecified atom stereocenters. The van der Waals surface area contributed by atoms with E-state index in [1.807, 2.05) is 74.7 Å². The average molecular weight is 875 g/mol. The lowest BCUT2D eigenvalue weighted by Crippen LogP contribution is -2.41. The molecule has 0 amide bonds. The van der Waals surface area contributed by atoms with Crippen LogP contribution >= 0.6 is 0 Å². The molecule has 3 saturated heterocycles. The molecule has 340 valence electrons. The predicted octanol–water partition coefficient (Wildman–Crippen LogP) is 5.72. The molecular weight excluding hydrogens is 813 g/mol. The van der Waals surface area contributed by atoms with Gasteiger partial charge in [0.2, 0.25) is 0 Å². The van der Waals surface area contributed by atoms with Crippen molar-refractivity contribution in [1.82, 2.24) is 21.3 Å². The van der Waals surface area contributed by atoms with Gasteiger partial charge in [0.15, 0.2) is 0 Å². The van der Waals surface area contributed by atoms with Gasteiger partial charge in [-0.05, 0) is 154 Å². The number of allylic oxidation sites excluding steroid dienone is 4. The predicted molar refractivity (Wildman–Crippen MR) is 243 cm³/mol. The van der Waals surface area contributed by atoms with Crippen LogP contribution in [0.3, 0.4) is 0 Å². The fourth-order valence-corrected chi connectivity index (χ4v) is 11.0. The summed E-state index contributed by atoms with van der Waals surface area (Å²) in [4.78, 5) is 38.9. The van der Waals surface area contributed by atoms with Gasteiger partial charge in [0, 0.05) is 41.8 Å². The largest absolute Gasteiger partial charge is 0.496 e. The molecule has 3 aromatic carbocycles. The first-order valence-electron chi connectivity index (χ1n) is 22.6. The van der Waals surface area contributed by atoms with Gasteiger partial charge in [-0.15, -0.1) is 0 Å². The van der Waals surface area contributed by atoms with Gasteiger partial charge < -0.3 is 50.8 Å². The summed E-state index contributed by atoms with van der Waals surface area (Å²) in [5, 5.41) is 45.5. The van der Waals surface area contributed by atoms with E-state index in [9.17, 15) is 29.7 Å². The van der Waals surface area contributed by atoms with Crippen molar-refractivity contribution in [3.8, 4) is 17.2 Å². The Morgan fingerprint density at radius 3 is 1.89 bits per heavy atom. The molecule has 8 rings (SSSR count). The normalized spacial score (nSPS) is 24.1. The Morgan fingerprint density at radius 1 is 0.766 bits per heavy atom. The average Bonchev–Trinajstić information content (AvgIpc) is 4.15. The lowest BCUT2D eigenvalue weighted by molar-refractivity contribution is -0.146. The molecule has 0 bridgehead atoms. The standard InChI is InChI=1S/C51H62N4O9/c1-50(48(58)59,36-14-18-53-27-36)34-8-11-44(62-3)32(22-34)24-40-38(42-29-64-46-10-7-30(21-41(42)46)20-39(47(56)57)31-13-17-52-26-31)6-5-16-55-43(40)25-33-23-35(9-12-45(33)63-4)51(2,49(60)61)37-15-19-54-28-37/h5-12,16,21-23,31,36-37,39,42,52-55H,13-15,17-20,24-29H2,1-4H3,(H,56,57)(H,58,59)(H,60,61)/t31-,36-,37-,39-,42+,50?,51?/m0/s1. The number of fused-ring (bicyclic) bond motifs is 1. The van der Waals surface area contributed by atoms with E-state index >= 15 is 0 Å². The molecule has 13 nitrogen and oxygen atoms in total. The lowest BCUT2D eigenvalue weighted by atomic mass is 9.70. The number of aliphatic carboxylic acids is 3. The summed E-state index contributed by atoms with van der Waals surface area (Å²) in [7, 11) is 3.24. The summed E-state index contributed by atoms with van der Waals surface area (Å²) in [5.41, 5.74) is 5.43. The van der Waals surface area contributed by atoms with Gasteiger partial charge >= 0.3 is 17.9 Å². The first kappa shape index (κ1) is 45.0. The maximum absolute atomic E-state index is 13.2. The van der Waals surface area contributed by atoms with Crippen molar-refractivity contribution in [1.29, 1.82) is 0 Å². The third kappa shape index (κ3) is 8.53. The molecule has 3 aromatic rings. The van der Waals surface area contributed by atoms with Gasteiger partial charge in [0.1, 0.15) is 17.2 Å². The van der Waals surface area contributed by atoms with Crippen LogP contribution in [-0.2, 0) is 44.5 Å². The molecule has 5 aliphatic heterocycles. The third-order valence-electron chi connectivity index (χ3n) is 15.1. The number of ether oxygens (including phenoxy) is 3. The van der Waals surface area contributed by atoms with Crippen molar-refractivity contribution in [2.45, 2.75) is 69.1 Å². The van der Waals surface area contributed by atoms with Crippen molar-refractivity contribution in [3.63, 3.8) is 0 Å². The molecule has 0 aromatic heterocycles. The Morgan fingerprint density at radius 2 is 1.36 bits per heavy atom. The second kappa shape index (κ2) is 18.8. The Kier molecular flexibility index (Phi) is 13.2. The lowest BCUT2D eigenvalue weighted by Gasteiger charge is -2.32. The van der Waals surface area contributed by atoms with E-state index < -0.39 is 34.7 Å². The van der Waals surface area contributed by atoms with Crippen molar-refractivity contribution in [2.24, 2.45) is 23.7 Å². The molecule has 13 heteroatoms. The minimum Gasteiger partial charge on any atom is -0.496 e. The maximum atomic E-state index is 13.2. The van der Waals surface area contributed by atoms with E-state index in [0.717, 1.165) is 83.7 Å². The van der Waals surface area contributed by atoms with E-state index in [1.54, 1.807) is 14.2 Å². The Hall–Kier alpha value is -5.63. The number of rotatable bonds is 17. The molecule has 7 N–H and O–H groups in total. The molecule has 0 aliphatic carbocycles. The SMILES string of the molecule is COc1ccc(C(C)(C(=O)O)[C@H]2CCNC2)cc1CC1=C(Cc2cc(C(C)(C(=O)O)[C@H]3CCNC3)ccc2OC)C([C@H]2COc3ccc(C[C@H](C(=O)O)[C@H]4CCNC4)cc32)=CC=CN1. The summed E-state index contributed by atoms with van der Waals surface area (Å²) in [6.07, 6.45) is 9.40. The Bertz CT molecular complexity index is 2360. The van der Waals surface area contributed by atoms with Crippen molar-refractivity contribution < 1.29 is 43.9 Å². The summed E-state index contributed by atoms with van der Waals surface area (Å²) >= 11 is 0. The van der Waals surface area contributed by atoms with Crippen LogP contribution in [0.2, 0.25) is 0 Å². The molecule has 0 saturated carbocycles. The number of methoxy groups -OCH3 is 2. The Balaban J connectivity index is 1.25. The molecule has 5 heterocycles. The van der Waals surface area contributed by atoms with Crippen LogP contribution < -0.4 is 35.5 Å². The minimum absolute atomic E-state index is 0.0491. The fraction of sp³-hybridized carbons (Fsp3) is 0.471. The number of carboxylic acid groups (broad SMARTS) is 3. The molecule has 7 atom stereocenters. The van der Waals surface area contributed by atoms with E-state index in [0.29, 0.717) is 68.1 Å². The molecule has 3 fully saturated rings. The van der Waals surface area contributed by atoms with Crippen LogP contribution in [0.15, 0.2) is 89.8 Å². The summed E-state index contributed by atoms with van der Waals surface area (Å²) in [6, 6.07) is 17.5. The quantitative estimate of drug-likeness (QED) is 0.0874. The second-order valence-electron chi connectivity index (χ2n) is 18.5. The highest BCUT2D eigenvalue weighted by molar-refractivity contribution is 5.82. The number of hydrogen-bond acceptors (Lipinski definition) is 10. The van der Waals surface area contributed by atoms with Gasteiger partial charge in [-0.1, -0.05) is 42.5 Å². The zero-order valence-corrected chi connectivity index (χ0v) is 37.3. The zero-order valence-electron chi connectivity index (χ0n) is 37.3. The van der Waals surface area contributed by atoms with E-state index in [1.165, 1.54) is 0 Å². The van der Waals surface area contributed by atoms with Gasteiger partial charge in [0.25, 0.3) is 0 Å². The summed E-state index contributed by atoms with van der Waals surface area (Å²) in [5.74, 6) is -1.46. The van der Waals surface area contributed by atoms with Crippen LogP contribution in [0, 0.1) is 23.7 Å². The molecule has 0 radical (unpaired) electrons. The molecule has 5 aliphatic rings. The molecule has 0 spiro atoms. The highest BCUT2D eigenvalue weighted by atomic mass is 16.5. The van der Waals surface area contributed by atoms with Gasteiger partial charge in [-0.3, -0.25) is 14.4 Å². The summed E-state index contributed by atoms with van der Waals surface area (Å²) in [6.45, 7) is 8.24. The monoisotopic (exact) mass is 874 g/mol. The first-order valence-corrected chi connectivity index (χ1v) is 22.6. The van der Waals surface area contributed by atoms with Crippen molar-refractivity contribution in [3.05, 3.63) is 123 Å². The fourth-order valence-electron chi connectivity index (χ4n) is 11.0. The highest BCUT2D eigenvalue weighted by Gasteiger charge is 2.46. The number of benzene rings is 3. The van der Waals surface area contributed by atoms with Crippen LogP contribution in [0.4, 0.5) is 0 Å². The number of hydrogen-bond donors (Lipinski definition) is 7. The molecule has 64 heavy (non-hydrogen) atoms. The van der Waals surface area contributed by atoms with Crippen LogP contribution in [0.1, 0.15) is 72.4 Å². The van der Waals surface area contributed by atoms with Crippen molar-refractivity contribution in [2.75, 3.05) is 60.1 Å². The third-order valence-corrected chi connectivity index (χ3v) is 15.1. The smallest absolute Gasteiger partial charge is 0.314 e. The Labute approximate surface area is 375 Å². The topological polar surface area (TPSA) is 188 Å². The molecular formula is C51H62N4O9. The number of carboxylic acids is 3. The van der Waals surface area contributed by atoms with E-state index in [2.05, 4.69) is 33.4 Å². The van der Waals surface area contributed by atoms with Gasteiger partial charge in [-0.2, -0.15) is 0 Å². The summed E-state index contributed by atoms with van der Waals surface area (Å²) < 4.78 is 18.4. The van der Waals surface area contributed by atoms with Gasteiger partial charge in [-0.25, -0.2) is 0 Å². The first-order chi connectivity index (χ1) is 30.9. The van der Waals surface area contributed by atoms with Crippen molar-refractivity contribution >= 4 is 17.9 Å². The minimum atomic E-state index is -1.15. The van der Waals surface area contributed by atoms with Crippen LogP contribution in [0.5, 0.6) is 17.2 Å². The zero-order chi connectivity index (χ0) is 45.2. The van der Waals surface area contributed by atoms with E-state index in [-0.39, 0.29) is 23.7 Å². The van der Waals surface area contributed by atoms with Crippen LogP contribution in [-0.4, -0.2) is 93.3 Å².